The second kappa shape index (κ2) is 10.3. The first-order chi connectivity index (χ1) is 12.9. The molecule has 0 saturated carbocycles. The largest absolute Gasteiger partial charge is 0.493 e. The van der Waals surface area contributed by atoms with Crippen LogP contribution in [0.4, 0.5) is 5.69 Å². The maximum atomic E-state index is 11.9. The molecule has 9 heteroatoms. The van der Waals surface area contributed by atoms with E-state index in [2.05, 4.69) is 31.8 Å². The minimum atomic E-state index is -0.559. The van der Waals surface area contributed by atoms with Crippen molar-refractivity contribution in [3.8, 4) is 5.75 Å². The molecular weight excluding hydrogens is 457 g/mol. The predicted octanol–water partition coefficient (Wildman–Crippen LogP) is 4.63. The van der Waals surface area contributed by atoms with Gasteiger partial charge in [0.1, 0.15) is 12.2 Å². The lowest BCUT2D eigenvalue weighted by atomic mass is 10.2. The number of hydrazone groups is 1. The second-order valence-electron chi connectivity index (χ2n) is 5.26. The van der Waals surface area contributed by atoms with Crippen molar-refractivity contribution in [1.29, 1.82) is 0 Å². The molecule has 0 atom stereocenters. The first kappa shape index (κ1) is 21.2. The number of halogens is 3. The van der Waals surface area contributed by atoms with Crippen LogP contribution in [0.3, 0.4) is 0 Å². The van der Waals surface area contributed by atoms with E-state index in [4.69, 9.17) is 27.9 Å². The Bertz CT molecular complexity index is 875. The molecule has 2 amide bonds. The third kappa shape index (κ3) is 6.86. The summed E-state index contributed by atoms with van der Waals surface area (Å²) in [5, 5.41) is 7.11. The summed E-state index contributed by atoms with van der Waals surface area (Å²) in [6.07, 6.45) is 1.05. The quantitative estimate of drug-likeness (QED) is 0.350. The number of hydrogen-bond acceptors (Lipinski definition) is 4. The highest BCUT2D eigenvalue weighted by atomic mass is 79.9. The Morgan fingerprint density at radius 3 is 2.63 bits per heavy atom. The lowest BCUT2D eigenvalue weighted by Gasteiger charge is -2.07. The number of hydrogen-bond donors (Lipinski definition) is 2. The average Bonchev–Trinajstić information content (AvgIpc) is 2.60. The topological polar surface area (TPSA) is 79.8 Å². The Kier molecular flexibility index (Phi) is 8.09. The lowest BCUT2D eigenvalue weighted by Crippen LogP contribution is -2.24. The van der Waals surface area contributed by atoms with Crippen LogP contribution in [-0.2, 0) is 9.59 Å². The average molecular weight is 473 g/mol. The predicted molar refractivity (Wildman–Crippen MR) is 111 cm³/mol. The Labute approximate surface area is 175 Å². The first-order valence-electron chi connectivity index (χ1n) is 7.88. The molecule has 2 aromatic carbocycles. The number of rotatable bonds is 7. The minimum absolute atomic E-state index is 0.308. The van der Waals surface area contributed by atoms with Crippen LogP contribution in [0.2, 0.25) is 10.0 Å². The van der Waals surface area contributed by atoms with Gasteiger partial charge in [-0.25, -0.2) is 5.43 Å². The highest BCUT2D eigenvalue weighted by molar-refractivity contribution is 9.10. The normalized spacial score (nSPS) is 10.7. The molecule has 0 bridgehead atoms. The van der Waals surface area contributed by atoms with Gasteiger partial charge < -0.3 is 10.1 Å². The molecule has 0 aliphatic rings. The Morgan fingerprint density at radius 1 is 1.15 bits per heavy atom. The van der Waals surface area contributed by atoms with Crippen molar-refractivity contribution < 1.29 is 14.3 Å². The Hall–Kier alpha value is -2.09. The molecule has 2 aromatic rings. The van der Waals surface area contributed by atoms with Crippen molar-refractivity contribution in [1.82, 2.24) is 5.43 Å². The fraction of sp³-hybridized carbons (Fsp3) is 0.167. The van der Waals surface area contributed by atoms with Crippen LogP contribution < -0.4 is 15.5 Å². The van der Waals surface area contributed by atoms with Gasteiger partial charge in [-0.2, -0.15) is 5.10 Å². The van der Waals surface area contributed by atoms with E-state index in [-0.39, 0.29) is 0 Å². The van der Waals surface area contributed by atoms with Gasteiger partial charge in [0.2, 0.25) is 11.8 Å². The van der Waals surface area contributed by atoms with E-state index in [0.29, 0.717) is 33.7 Å². The fourth-order valence-electron chi connectivity index (χ4n) is 2.05. The number of anilines is 1. The highest BCUT2D eigenvalue weighted by Crippen LogP contribution is 2.25. The van der Waals surface area contributed by atoms with E-state index in [1.807, 2.05) is 13.0 Å². The number of nitrogens with zero attached hydrogens (tertiary/aromatic N) is 1. The third-order valence-corrected chi connectivity index (χ3v) is 4.42. The number of amides is 2. The van der Waals surface area contributed by atoms with Gasteiger partial charge in [0, 0.05) is 15.7 Å². The number of benzene rings is 2. The first-order valence-corrected chi connectivity index (χ1v) is 9.43. The van der Waals surface area contributed by atoms with Crippen molar-refractivity contribution in [2.24, 2.45) is 5.10 Å². The monoisotopic (exact) mass is 471 g/mol. The molecule has 0 aliphatic carbocycles. The standard InChI is InChI=1S/C18H16BrCl2N3O3/c1-2-27-16-6-3-12(19)7-11(16)10-22-24-18(26)9-17(25)23-13-4-5-14(20)15(21)8-13/h3-8,10H,2,9H2,1H3,(H,23,25)(H,24,26). The summed E-state index contributed by atoms with van der Waals surface area (Å²) < 4.78 is 6.34. The van der Waals surface area contributed by atoms with E-state index in [9.17, 15) is 9.59 Å². The molecular formula is C18H16BrCl2N3O3. The summed E-state index contributed by atoms with van der Waals surface area (Å²) in [6.45, 7) is 2.38. The summed E-state index contributed by atoms with van der Waals surface area (Å²) in [5.74, 6) is -0.425. The van der Waals surface area contributed by atoms with Crippen molar-refractivity contribution in [2.75, 3.05) is 11.9 Å². The smallest absolute Gasteiger partial charge is 0.249 e. The molecule has 27 heavy (non-hydrogen) atoms. The molecule has 0 heterocycles. The van der Waals surface area contributed by atoms with Gasteiger partial charge in [-0.15, -0.1) is 0 Å². The zero-order valence-corrected chi connectivity index (χ0v) is 17.4. The van der Waals surface area contributed by atoms with Crippen LogP contribution in [0.5, 0.6) is 5.75 Å². The van der Waals surface area contributed by atoms with Gasteiger partial charge >= 0.3 is 0 Å². The van der Waals surface area contributed by atoms with Crippen molar-refractivity contribution in [3.05, 3.63) is 56.5 Å². The van der Waals surface area contributed by atoms with Crippen molar-refractivity contribution in [3.63, 3.8) is 0 Å². The van der Waals surface area contributed by atoms with E-state index < -0.39 is 18.2 Å². The molecule has 0 spiro atoms. The zero-order chi connectivity index (χ0) is 19.8. The number of ether oxygens (including phenoxy) is 1. The third-order valence-electron chi connectivity index (χ3n) is 3.19. The van der Waals surface area contributed by atoms with Crippen LogP contribution >= 0.6 is 39.1 Å². The molecule has 2 N–H and O–H groups in total. The number of nitrogens with one attached hydrogen (secondary N) is 2. The van der Waals surface area contributed by atoms with E-state index in [0.717, 1.165) is 4.47 Å². The van der Waals surface area contributed by atoms with E-state index in [1.165, 1.54) is 12.3 Å². The molecule has 0 saturated heterocycles. The summed E-state index contributed by atoms with van der Waals surface area (Å²) in [4.78, 5) is 23.8. The SMILES string of the molecule is CCOc1ccc(Br)cc1C=NNC(=O)CC(=O)Nc1ccc(Cl)c(Cl)c1. The van der Waals surface area contributed by atoms with Crippen LogP contribution in [0.1, 0.15) is 18.9 Å². The van der Waals surface area contributed by atoms with Gasteiger partial charge in [0.05, 0.1) is 22.9 Å². The van der Waals surface area contributed by atoms with E-state index in [1.54, 1.807) is 24.3 Å². The van der Waals surface area contributed by atoms with Crippen LogP contribution in [0.25, 0.3) is 0 Å². The zero-order valence-electron chi connectivity index (χ0n) is 14.3. The summed E-state index contributed by atoms with van der Waals surface area (Å²) in [7, 11) is 0. The van der Waals surface area contributed by atoms with Crippen LogP contribution in [-0.4, -0.2) is 24.6 Å². The van der Waals surface area contributed by atoms with Gasteiger partial charge in [-0.3, -0.25) is 9.59 Å². The summed E-state index contributed by atoms with van der Waals surface area (Å²) in [5.41, 5.74) is 3.44. The number of carbonyl (C=O) groups is 2. The molecule has 0 radical (unpaired) electrons. The van der Waals surface area contributed by atoms with Crippen molar-refractivity contribution in [2.45, 2.75) is 13.3 Å². The molecule has 142 valence electrons. The Morgan fingerprint density at radius 2 is 1.93 bits per heavy atom. The van der Waals surface area contributed by atoms with Crippen LogP contribution in [0.15, 0.2) is 46.0 Å². The molecule has 2 rings (SSSR count). The minimum Gasteiger partial charge on any atom is -0.493 e. The molecule has 0 unspecified atom stereocenters. The molecule has 0 fully saturated rings. The van der Waals surface area contributed by atoms with Gasteiger partial charge in [0.15, 0.2) is 0 Å². The lowest BCUT2D eigenvalue weighted by molar-refractivity contribution is -0.126. The molecule has 6 nitrogen and oxygen atoms in total. The second-order valence-corrected chi connectivity index (χ2v) is 6.99. The van der Waals surface area contributed by atoms with E-state index >= 15 is 0 Å². The molecule has 0 aliphatic heterocycles. The maximum absolute atomic E-state index is 11.9. The highest BCUT2D eigenvalue weighted by Gasteiger charge is 2.10. The van der Waals surface area contributed by atoms with Gasteiger partial charge in [-0.1, -0.05) is 39.1 Å². The fourth-order valence-corrected chi connectivity index (χ4v) is 2.72. The maximum Gasteiger partial charge on any atom is 0.249 e. The Balaban J connectivity index is 1.90. The number of carbonyl (C=O) groups excluding carboxylic acids is 2. The molecule has 0 aromatic heterocycles. The van der Waals surface area contributed by atoms with Gasteiger partial charge in [0.25, 0.3) is 0 Å². The summed E-state index contributed by atoms with van der Waals surface area (Å²) >= 11 is 15.1. The van der Waals surface area contributed by atoms with Gasteiger partial charge in [-0.05, 0) is 43.3 Å². The van der Waals surface area contributed by atoms with Crippen LogP contribution in [0, 0.1) is 0 Å². The van der Waals surface area contributed by atoms with Crippen molar-refractivity contribution >= 4 is 62.8 Å². The summed E-state index contributed by atoms with van der Waals surface area (Å²) in [6, 6.07) is 10.1.